The summed E-state index contributed by atoms with van der Waals surface area (Å²) in [5, 5.41) is 2.62. The number of carbonyl (C=O) groups excluding carboxylic acids is 3. The smallest absolute Gasteiger partial charge is 0.310 e. The molecule has 0 atom stereocenters. The van der Waals surface area contributed by atoms with Crippen LogP contribution in [0.15, 0.2) is 53.4 Å². The second kappa shape index (κ2) is 9.57. The fourth-order valence-electron chi connectivity index (χ4n) is 2.00. The van der Waals surface area contributed by atoms with E-state index in [-0.39, 0.29) is 12.2 Å². The predicted octanol–water partition coefficient (Wildman–Crippen LogP) is 2.13. The van der Waals surface area contributed by atoms with Gasteiger partial charge in [0, 0.05) is 4.90 Å². The molecule has 0 bridgehead atoms. The van der Waals surface area contributed by atoms with Gasteiger partial charge in [-0.1, -0.05) is 24.3 Å². The largest absolute Gasteiger partial charge is 0.455 e. The average molecular weight is 376 g/mol. The molecule has 2 aromatic rings. The van der Waals surface area contributed by atoms with Crippen LogP contribution in [0.3, 0.4) is 0 Å². The quantitative estimate of drug-likeness (QED) is 0.543. The van der Waals surface area contributed by atoms with Gasteiger partial charge in [-0.15, -0.1) is 11.8 Å². The number of nitrogens with two attached hydrogens (primary N) is 1. The van der Waals surface area contributed by atoms with E-state index in [0.29, 0.717) is 16.1 Å². The number of rotatable bonds is 8. The highest BCUT2D eigenvalue weighted by Gasteiger charge is 2.11. The number of anilines is 1. The Kier molecular flexibility index (Phi) is 7.16. The molecule has 0 spiro atoms. The van der Waals surface area contributed by atoms with E-state index >= 15 is 0 Å². The van der Waals surface area contributed by atoms with Gasteiger partial charge in [0.1, 0.15) is 5.82 Å². The van der Waals surface area contributed by atoms with Crippen LogP contribution in [-0.2, 0) is 25.5 Å². The van der Waals surface area contributed by atoms with Crippen LogP contribution >= 0.6 is 11.8 Å². The second-order valence-corrected chi connectivity index (χ2v) is 6.28. The Bertz CT molecular complexity index is 796. The van der Waals surface area contributed by atoms with Crippen molar-refractivity contribution < 1.29 is 23.5 Å². The van der Waals surface area contributed by atoms with Crippen molar-refractivity contribution in [2.75, 3.05) is 17.7 Å². The minimum atomic E-state index is -0.594. The van der Waals surface area contributed by atoms with Gasteiger partial charge in [-0.3, -0.25) is 14.4 Å². The van der Waals surface area contributed by atoms with Gasteiger partial charge in [0.2, 0.25) is 5.91 Å². The lowest BCUT2D eigenvalue weighted by atomic mass is 10.1. The Balaban J connectivity index is 1.84. The topological polar surface area (TPSA) is 98.5 Å². The normalized spacial score (nSPS) is 10.2. The molecule has 2 aromatic carbocycles. The molecule has 3 N–H and O–H groups in total. The molecule has 0 aromatic heterocycles. The summed E-state index contributed by atoms with van der Waals surface area (Å²) in [4.78, 5) is 35.3. The van der Waals surface area contributed by atoms with Crippen LogP contribution in [0.4, 0.5) is 10.1 Å². The van der Waals surface area contributed by atoms with Gasteiger partial charge in [0.25, 0.3) is 5.91 Å². The first-order valence-electron chi connectivity index (χ1n) is 7.64. The first-order chi connectivity index (χ1) is 12.4. The van der Waals surface area contributed by atoms with Crippen LogP contribution in [0.25, 0.3) is 0 Å². The first kappa shape index (κ1) is 19.5. The third-order valence-corrected chi connectivity index (χ3v) is 4.25. The number of benzene rings is 2. The number of esters is 1. The number of ether oxygens (including phenoxy) is 1. The summed E-state index contributed by atoms with van der Waals surface area (Å²) in [7, 11) is 0. The van der Waals surface area contributed by atoms with Crippen LogP contribution in [0.1, 0.15) is 5.56 Å². The number of thioether (sulfide) groups is 1. The van der Waals surface area contributed by atoms with Gasteiger partial charge in [-0.25, -0.2) is 4.39 Å². The van der Waals surface area contributed by atoms with Crippen molar-refractivity contribution in [2.24, 2.45) is 5.73 Å². The summed E-state index contributed by atoms with van der Waals surface area (Å²) in [6.07, 6.45) is -0.0569. The van der Waals surface area contributed by atoms with E-state index in [2.05, 4.69) is 5.32 Å². The van der Waals surface area contributed by atoms with Crippen LogP contribution in [0, 0.1) is 5.82 Å². The maximum absolute atomic E-state index is 12.8. The van der Waals surface area contributed by atoms with Crippen molar-refractivity contribution in [1.82, 2.24) is 0 Å². The monoisotopic (exact) mass is 376 g/mol. The molecule has 0 saturated heterocycles. The lowest BCUT2D eigenvalue weighted by Crippen LogP contribution is -2.22. The van der Waals surface area contributed by atoms with Crippen LogP contribution in [-0.4, -0.2) is 30.1 Å². The Morgan fingerprint density at radius 2 is 1.77 bits per heavy atom. The van der Waals surface area contributed by atoms with Crippen molar-refractivity contribution in [3.8, 4) is 0 Å². The van der Waals surface area contributed by atoms with E-state index < -0.39 is 30.2 Å². The van der Waals surface area contributed by atoms with Crippen LogP contribution in [0.2, 0.25) is 0 Å². The molecule has 0 radical (unpaired) electrons. The molecule has 26 heavy (non-hydrogen) atoms. The molecule has 0 unspecified atom stereocenters. The van der Waals surface area contributed by atoms with Crippen molar-refractivity contribution in [2.45, 2.75) is 11.3 Å². The molecule has 136 valence electrons. The molecule has 0 aliphatic rings. The molecule has 0 aliphatic heterocycles. The van der Waals surface area contributed by atoms with E-state index in [1.54, 1.807) is 24.3 Å². The summed E-state index contributed by atoms with van der Waals surface area (Å²) >= 11 is 1.20. The van der Waals surface area contributed by atoms with E-state index in [1.807, 2.05) is 0 Å². The van der Waals surface area contributed by atoms with Crippen LogP contribution < -0.4 is 11.1 Å². The lowest BCUT2D eigenvalue weighted by molar-refractivity contribution is -0.146. The number of nitrogens with one attached hydrogen (secondary N) is 1. The summed E-state index contributed by atoms with van der Waals surface area (Å²) in [6, 6.07) is 12.3. The zero-order valence-electron chi connectivity index (χ0n) is 13.7. The van der Waals surface area contributed by atoms with Crippen molar-refractivity contribution >= 4 is 35.2 Å². The molecular formula is C18H17FN2O4S. The minimum Gasteiger partial charge on any atom is -0.455 e. The Morgan fingerprint density at radius 3 is 2.46 bits per heavy atom. The van der Waals surface area contributed by atoms with Gasteiger partial charge in [-0.2, -0.15) is 0 Å². The molecule has 2 amide bonds. The molecule has 2 rings (SSSR count). The number of carbonyl (C=O) groups is 3. The highest BCUT2D eigenvalue weighted by Crippen LogP contribution is 2.26. The fourth-order valence-corrected chi connectivity index (χ4v) is 2.74. The number of primary amides is 1. The highest BCUT2D eigenvalue weighted by molar-refractivity contribution is 8.00. The number of halogens is 1. The van der Waals surface area contributed by atoms with E-state index in [9.17, 15) is 18.8 Å². The Morgan fingerprint density at radius 1 is 1.08 bits per heavy atom. The number of para-hydroxylation sites is 1. The third-order valence-electron chi connectivity index (χ3n) is 3.16. The van der Waals surface area contributed by atoms with Gasteiger partial charge < -0.3 is 15.8 Å². The molecule has 0 heterocycles. The Hall–Kier alpha value is -2.87. The number of amides is 2. The zero-order valence-corrected chi connectivity index (χ0v) is 14.6. The minimum absolute atomic E-state index is 0.0569. The molecule has 6 nitrogen and oxygen atoms in total. The number of hydrogen-bond acceptors (Lipinski definition) is 5. The van der Waals surface area contributed by atoms with E-state index in [0.717, 1.165) is 0 Å². The van der Waals surface area contributed by atoms with Crippen molar-refractivity contribution in [1.29, 1.82) is 0 Å². The molecule has 0 fully saturated rings. The van der Waals surface area contributed by atoms with Gasteiger partial charge >= 0.3 is 5.97 Å². The zero-order chi connectivity index (χ0) is 18.9. The summed E-state index contributed by atoms with van der Waals surface area (Å²) in [5.74, 6) is -1.88. The molecule has 8 heteroatoms. The van der Waals surface area contributed by atoms with Gasteiger partial charge in [0.15, 0.2) is 6.61 Å². The third kappa shape index (κ3) is 6.56. The van der Waals surface area contributed by atoms with Crippen molar-refractivity contribution in [3.05, 3.63) is 59.9 Å². The second-order valence-electron chi connectivity index (χ2n) is 5.26. The first-order valence-corrected chi connectivity index (χ1v) is 8.62. The van der Waals surface area contributed by atoms with Crippen molar-refractivity contribution in [3.63, 3.8) is 0 Å². The SMILES string of the molecule is NC(=O)CSc1ccccc1NC(=O)COC(=O)Cc1ccc(F)cc1. The fraction of sp³-hybridized carbons (Fsp3) is 0.167. The van der Waals surface area contributed by atoms with Gasteiger partial charge in [-0.05, 0) is 29.8 Å². The molecule has 0 saturated carbocycles. The van der Waals surface area contributed by atoms with E-state index in [1.165, 1.54) is 36.0 Å². The maximum Gasteiger partial charge on any atom is 0.310 e. The molecule has 0 aliphatic carbocycles. The van der Waals surface area contributed by atoms with E-state index in [4.69, 9.17) is 10.5 Å². The summed E-state index contributed by atoms with van der Waals surface area (Å²) in [5.41, 5.74) is 6.21. The maximum atomic E-state index is 12.8. The highest BCUT2D eigenvalue weighted by atomic mass is 32.2. The van der Waals surface area contributed by atoms with Crippen LogP contribution in [0.5, 0.6) is 0 Å². The Labute approximate surface area is 153 Å². The number of hydrogen-bond donors (Lipinski definition) is 2. The summed E-state index contributed by atoms with van der Waals surface area (Å²) < 4.78 is 17.7. The van der Waals surface area contributed by atoms with Gasteiger partial charge in [0.05, 0.1) is 17.9 Å². The standard InChI is InChI=1S/C18H17FN2O4S/c19-13-7-5-12(6-8-13)9-18(24)25-10-17(23)21-14-3-1-2-4-15(14)26-11-16(20)22/h1-8H,9-11H2,(H2,20,22)(H,21,23). The average Bonchev–Trinajstić information content (AvgIpc) is 2.61. The predicted molar refractivity (Wildman–Crippen MR) is 96.1 cm³/mol. The molecular weight excluding hydrogens is 359 g/mol. The summed E-state index contributed by atoms with van der Waals surface area (Å²) in [6.45, 7) is -0.450. The lowest BCUT2D eigenvalue weighted by Gasteiger charge is -2.10.